The van der Waals surface area contributed by atoms with Gasteiger partial charge in [-0.25, -0.2) is 0 Å². The van der Waals surface area contributed by atoms with Crippen LogP contribution < -0.4 is 0 Å². The van der Waals surface area contributed by atoms with Crippen LogP contribution >= 0.6 is 23.5 Å². The van der Waals surface area contributed by atoms with Crippen LogP contribution in [0.2, 0.25) is 0 Å². The molecule has 3 rings (SSSR count). The lowest BCUT2D eigenvalue weighted by Gasteiger charge is -2.18. The molecule has 4 heteroatoms. The first-order chi connectivity index (χ1) is 8.74. The van der Waals surface area contributed by atoms with Crippen molar-refractivity contribution in [1.29, 1.82) is 0 Å². The number of fused-ring (bicyclic) bond motifs is 1. The molecule has 0 N–H and O–H groups in total. The number of carbonyl (C=O) groups is 1. The summed E-state index contributed by atoms with van der Waals surface area (Å²) in [5, 5.41) is 1.08. The van der Waals surface area contributed by atoms with Crippen molar-refractivity contribution in [2.24, 2.45) is 0 Å². The van der Waals surface area contributed by atoms with Crippen molar-refractivity contribution in [2.75, 3.05) is 17.3 Å². The van der Waals surface area contributed by atoms with Crippen molar-refractivity contribution in [3.8, 4) is 0 Å². The van der Waals surface area contributed by atoms with Crippen LogP contribution in [0.4, 0.5) is 0 Å². The Balaban J connectivity index is 1.91. The number of rotatable bonds is 2. The molecule has 0 amide bonds. The van der Waals surface area contributed by atoms with E-state index in [0.717, 1.165) is 28.2 Å². The van der Waals surface area contributed by atoms with Gasteiger partial charge in [-0.05, 0) is 25.1 Å². The number of aryl methyl sites for hydroxylation is 1. The lowest BCUT2D eigenvalue weighted by atomic mass is 10.1. The Bertz CT molecular complexity index is 582. The lowest BCUT2D eigenvalue weighted by molar-refractivity contribution is 0.0970. The first kappa shape index (κ1) is 12.2. The van der Waals surface area contributed by atoms with Crippen molar-refractivity contribution in [2.45, 2.75) is 12.2 Å². The molecule has 2 aromatic rings. The highest BCUT2D eigenvalue weighted by Gasteiger charge is 2.26. The van der Waals surface area contributed by atoms with Crippen LogP contribution in [0.3, 0.4) is 0 Å². The molecule has 2 nitrogen and oxygen atoms in total. The number of benzene rings is 1. The van der Waals surface area contributed by atoms with Crippen molar-refractivity contribution in [3.05, 3.63) is 35.6 Å². The number of hydrogen-bond donors (Lipinski definition) is 0. The highest BCUT2D eigenvalue weighted by Crippen LogP contribution is 2.29. The molecule has 1 unspecified atom stereocenters. The number of Topliss-reactive ketones (excluding diaryl/α,β-unsaturated/α-hetero) is 1. The summed E-state index contributed by atoms with van der Waals surface area (Å²) in [6, 6.07) is 7.87. The van der Waals surface area contributed by atoms with E-state index in [9.17, 15) is 4.79 Å². The van der Waals surface area contributed by atoms with E-state index in [2.05, 4.69) is 6.07 Å². The van der Waals surface area contributed by atoms with E-state index in [0.29, 0.717) is 5.76 Å². The maximum atomic E-state index is 12.3. The minimum atomic E-state index is 0.0606. The second kappa shape index (κ2) is 5.02. The third kappa shape index (κ3) is 2.31. The van der Waals surface area contributed by atoms with Crippen LogP contribution in [-0.4, -0.2) is 28.3 Å². The van der Waals surface area contributed by atoms with Crippen LogP contribution in [0.5, 0.6) is 0 Å². The average Bonchev–Trinajstić information content (AvgIpc) is 2.81. The largest absolute Gasteiger partial charge is 0.453 e. The van der Waals surface area contributed by atoms with Gasteiger partial charge in [-0.2, -0.15) is 11.8 Å². The molecular weight excluding hydrogens is 264 g/mol. The van der Waals surface area contributed by atoms with Crippen LogP contribution in [0.15, 0.2) is 28.7 Å². The van der Waals surface area contributed by atoms with E-state index in [-0.39, 0.29) is 11.0 Å². The highest BCUT2D eigenvalue weighted by molar-refractivity contribution is 8.07. The molecule has 1 fully saturated rings. The Morgan fingerprint density at radius 2 is 2.22 bits per heavy atom. The molecule has 1 aromatic heterocycles. The third-order valence-electron chi connectivity index (χ3n) is 3.02. The normalized spacial score (nSPS) is 20.2. The minimum Gasteiger partial charge on any atom is -0.453 e. The molecule has 1 aliphatic rings. The van der Waals surface area contributed by atoms with Crippen LogP contribution in [0, 0.1) is 6.92 Å². The SMILES string of the molecule is Cc1ccc2oc(C(=O)C3CSCCS3)cc2c1. The molecule has 2 heterocycles. The fourth-order valence-electron chi connectivity index (χ4n) is 2.08. The van der Waals surface area contributed by atoms with Crippen molar-refractivity contribution >= 4 is 40.3 Å². The first-order valence-electron chi connectivity index (χ1n) is 5.98. The second-order valence-electron chi connectivity index (χ2n) is 4.45. The summed E-state index contributed by atoms with van der Waals surface area (Å²) in [7, 11) is 0. The fourth-order valence-corrected chi connectivity index (χ4v) is 4.70. The summed E-state index contributed by atoms with van der Waals surface area (Å²) in [6.07, 6.45) is 0. The Morgan fingerprint density at radius 3 is 3.00 bits per heavy atom. The Labute approximate surface area is 114 Å². The molecular formula is C14H14O2S2. The van der Waals surface area contributed by atoms with Gasteiger partial charge in [-0.1, -0.05) is 11.6 Å². The van der Waals surface area contributed by atoms with Crippen molar-refractivity contribution in [3.63, 3.8) is 0 Å². The predicted molar refractivity (Wildman–Crippen MR) is 78.9 cm³/mol. The number of hydrogen-bond acceptors (Lipinski definition) is 4. The molecule has 1 aliphatic heterocycles. The topological polar surface area (TPSA) is 30.2 Å². The molecule has 0 saturated carbocycles. The molecule has 0 aliphatic carbocycles. The number of thioether (sulfide) groups is 2. The molecule has 0 bridgehead atoms. The zero-order chi connectivity index (χ0) is 12.5. The fraction of sp³-hybridized carbons (Fsp3) is 0.357. The number of carbonyl (C=O) groups excluding carboxylic acids is 1. The molecule has 1 atom stereocenters. The van der Waals surface area contributed by atoms with Gasteiger partial charge >= 0.3 is 0 Å². The summed E-state index contributed by atoms with van der Waals surface area (Å²) in [4.78, 5) is 12.3. The maximum Gasteiger partial charge on any atom is 0.211 e. The van der Waals surface area contributed by atoms with Gasteiger partial charge in [0.05, 0.1) is 5.25 Å². The van der Waals surface area contributed by atoms with E-state index >= 15 is 0 Å². The van der Waals surface area contributed by atoms with E-state index < -0.39 is 0 Å². The van der Waals surface area contributed by atoms with Gasteiger partial charge < -0.3 is 4.42 Å². The molecule has 94 valence electrons. The Hall–Kier alpha value is -0.870. The molecule has 0 spiro atoms. The summed E-state index contributed by atoms with van der Waals surface area (Å²) < 4.78 is 5.67. The standard InChI is InChI=1S/C14H14O2S2/c1-9-2-3-11-10(6-9)7-12(16-11)14(15)13-8-17-4-5-18-13/h2-3,6-7,13H,4-5,8H2,1H3. The van der Waals surface area contributed by atoms with Gasteiger partial charge in [0.2, 0.25) is 5.78 Å². The van der Waals surface area contributed by atoms with Gasteiger partial charge in [-0.3, -0.25) is 4.79 Å². The third-order valence-corrected chi connectivity index (χ3v) is 5.78. The van der Waals surface area contributed by atoms with E-state index in [1.165, 1.54) is 5.56 Å². The lowest BCUT2D eigenvalue weighted by Crippen LogP contribution is -2.23. The van der Waals surface area contributed by atoms with Gasteiger partial charge in [-0.15, -0.1) is 11.8 Å². The molecule has 0 radical (unpaired) electrons. The monoisotopic (exact) mass is 278 g/mol. The Kier molecular flexibility index (Phi) is 3.39. The van der Waals surface area contributed by atoms with Crippen molar-refractivity contribution < 1.29 is 9.21 Å². The zero-order valence-electron chi connectivity index (χ0n) is 10.1. The highest BCUT2D eigenvalue weighted by atomic mass is 32.2. The molecule has 1 aromatic carbocycles. The summed E-state index contributed by atoms with van der Waals surface area (Å²) in [5.74, 6) is 3.75. The smallest absolute Gasteiger partial charge is 0.211 e. The first-order valence-corrected chi connectivity index (χ1v) is 8.18. The average molecular weight is 278 g/mol. The van der Waals surface area contributed by atoms with E-state index in [1.807, 2.05) is 36.9 Å². The maximum absolute atomic E-state index is 12.3. The zero-order valence-corrected chi connectivity index (χ0v) is 11.8. The minimum absolute atomic E-state index is 0.0606. The summed E-state index contributed by atoms with van der Waals surface area (Å²) in [6.45, 7) is 2.04. The quantitative estimate of drug-likeness (QED) is 0.782. The molecule has 1 saturated heterocycles. The van der Waals surface area contributed by atoms with Crippen LogP contribution in [0.25, 0.3) is 11.0 Å². The van der Waals surface area contributed by atoms with Gasteiger partial charge in [0.1, 0.15) is 5.58 Å². The van der Waals surface area contributed by atoms with Crippen LogP contribution in [0.1, 0.15) is 16.1 Å². The summed E-state index contributed by atoms with van der Waals surface area (Å²) >= 11 is 3.60. The van der Waals surface area contributed by atoms with E-state index in [4.69, 9.17) is 4.42 Å². The number of furan rings is 1. The van der Waals surface area contributed by atoms with Gasteiger partial charge in [0.15, 0.2) is 5.76 Å². The van der Waals surface area contributed by atoms with E-state index in [1.54, 1.807) is 11.8 Å². The molecule has 18 heavy (non-hydrogen) atoms. The predicted octanol–water partition coefficient (Wildman–Crippen LogP) is 3.77. The van der Waals surface area contributed by atoms with Crippen LogP contribution in [-0.2, 0) is 0 Å². The number of ketones is 1. The van der Waals surface area contributed by atoms with Gasteiger partial charge in [0.25, 0.3) is 0 Å². The van der Waals surface area contributed by atoms with Crippen molar-refractivity contribution in [1.82, 2.24) is 0 Å². The summed E-state index contributed by atoms with van der Waals surface area (Å²) in [5.41, 5.74) is 1.99. The second-order valence-corrected chi connectivity index (χ2v) is 6.91. The van der Waals surface area contributed by atoms with Gasteiger partial charge in [0, 0.05) is 22.6 Å². The Morgan fingerprint density at radius 1 is 1.33 bits per heavy atom.